The summed E-state index contributed by atoms with van der Waals surface area (Å²) in [6.07, 6.45) is -0.155. The SMILES string of the molecule is Cl.Cl.O=C1OCCN1CCN1CCN(Cc2ccccc2)CC1. The van der Waals surface area contributed by atoms with Crippen LogP contribution in [0.5, 0.6) is 0 Å². The predicted molar refractivity (Wildman–Crippen MR) is 95.6 cm³/mol. The number of ether oxygens (including phenoxy) is 1. The minimum atomic E-state index is -0.155. The van der Waals surface area contributed by atoms with Crippen LogP contribution in [0.25, 0.3) is 0 Å². The van der Waals surface area contributed by atoms with Gasteiger partial charge in [0.25, 0.3) is 0 Å². The Labute approximate surface area is 150 Å². The first-order chi connectivity index (χ1) is 10.3. The van der Waals surface area contributed by atoms with Gasteiger partial charge in [0.1, 0.15) is 6.61 Å². The Bertz CT molecular complexity index is 468. The molecule has 2 fully saturated rings. The average molecular weight is 362 g/mol. The van der Waals surface area contributed by atoms with Crippen LogP contribution in [0.2, 0.25) is 0 Å². The summed E-state index contributed by atoms with van der Waals surface area (Å²) in [7, 11) is 0. The molecule has 23 heavy (non-hydrogen) atoms. The van der Waals surface area contributed by atoms with Crippen LogP contribution in [0.15, 0.2) is 30.3 Å². The lowest BCUT2D eigenvalue weighted by Gasteiger charge is -2.35. The second-order valence-electron chi connectivity index (χ2n) is 5.70. The molecule has 0 radical (unpaired) electrons. The molecule has 2 saturated heterocycles. The number of carbonyl (C=O) groups is 1. The fourth-order valence-corrected chi connectivity index (χ4v) is 2.90. The number of cyclic esters (lactones) is 1. The van der Waals surface area contributed by atoms with E-state index in [1.165, 1.54) is 5.56 Å². The van der Waals surface area contributed by atoms with E-state index in [0.29, 0.717) is 6.61 Å². The molecule has 0 saturated carbocycles. The number of hydrogen-bond acceptors (Lipinski definition) is 4. The first-order valence-corrected chi connectivity index (χ1v) is 7.71. The van der Waals surface area contributed by atoms with E-state index in [2.05, 4.69) is 40.1 Å². The fourth-order valence-electron chi connectivity index (χ4n) is 2.90. The molecule has 7 heteroatoms. The first kappa shape index (κ1) is 20.0. The van der Waals surface area contributed by atoms with Crippen molar-refractivity contribution in [3.8, 4) is 0 Å². The molecule has 0 aromatic heterocycles. The topological polar surface area (TPSA) is 36.0 Å². The van der Waals surface area contributed by atoms with Gasteiger partial charge in [0.2, 0.25) is 0 Å². The van der Waals surface area contributed by atoms with Crippen LogP contribution in [0.1, 0.15) is 5.56 Å². The van der Waals surface area contributed by atoms with Gasteiger partial charge in [-0.05, 0) is 5.56 Å². The average Bonchev–Trinajstić information content (AvgIpc) is 2.93. The smallest absolute Gasteiger partial charge is 0.409 e. The standard InChI is InChI=1S/C16H23N3O2.2ClH/c20-16-19(12-13-21-16)11-10-17-6-8-18(9-7-17)14-15-4-2-1-3-5-15;;/h1-5H,6-14H2;2*1H. The van der Waals surface area contributed by atoms with Crippen LogP contribution in [0, 0.1) is 0 Å². The molecule has 1 aromatic rings. The molecule has 1 aromatic carbocycles. The van der Waals surface area contributed by atoms with Crippen LogP contribution in [0.4, 0.5) is 4.79 Å². The van der Waals surface area contributed by atoms with Crippen molar-refractivity contribution >= 4 is 30.9 Å². The van der Waals surface area contributed by atoms with Gasteiger partial charge < -0.3 is 9.64 Å². The highest BCUT2D eigenvalue weighted by Gasteiger charge is 2.23. The highest BCUT2D eigenvalue weighted by Crippen LogP contribution is 2.09. The third-order valence-electron chi connectivity index (χ3n) is 4.25. The molecule has 0 N–H and O–H groups in total. The molecule has 0 atom stereocenters. The normalized spacial score (nSPS) is 19.0. The highest BCUT2D eigenvalue weighted by atomic mass is 35.5. The number of piperazine rings is 1. The second kappa shape index (κ2) is 9.98. The van der Waals surface area contributed by atoms with Crippen molar-refractivity contribution in [2.75, 3.05) is 52.4 Å². The molecule has 5 nitrogen and oxygen atoms in total. The first-order valence-electron chi connectivity index (χ1n) is 7.71. The molecule has 0 aliphatic carbocycles. The van der Waals surface area contributed by atoms with Crippen LogP contribution in [-0.4, -0.2) is 73.2 Å². The highest BCUT2D eigenvalue weighted by molar-refractivity contribution is 5.85. The van der Waals surface area contributed by atoms with Gasteiger partial charge >= 0.3 is 6.09 Å². The summed E-state index contributed by atoms with van der Waals surface area (Å²) in [6.45, 7) is 8.42. The molecular weight excluding hydrogens is 337 g/mol. The van der Waals surface area contributed by atoms with E-state index >= 15 is 0 Å². The zero-order valence-electron chi connectivity index (χ0n) is 13.2. The zero-order valence-corrected chi connectivity index (χ0v) is 14.9. The van der Waals surface area contributed by atoms with E-state index in [1.54, 1.807) is 4.90 Å². The maximum Gasteiger partial charge on any atom is 0.409 e. The molecule has 0 bridgehead atoms. The summed E-state index contributed by atoms with van der Waals surface area (Å²) in [6, 6.07) is 10.6. The van der Waals surface area contributed by atoms with Gasteiger partial charge in [-0.1, -0.05) is 30.3 Å². The maximum absolute atomic E-state index is 11.4. The molecular formula is C16H25Cl2N3O2. The number of halogens is 2. The van der Waals surface area contributed by atoms with Crippen molar-refractivity contribution in [3.63, 3.8) is 0 Å². The number of nitrogens with zero attached hydrogens (tertiary/aromatic N) is 3. The quantitative estimate of drug-likeness (QED) is 0.804. The maximum atomic E-state index is 11.4. The fraction of sp³-hybridized carbons (Fsp3) is 0.562. The number of amides is 1. The predicted octanol–water partition coefficient (Wildman–Crippen LogP) is 2.10. The summed E-state index contributed by atoms with van der Waals surface area (Å²) < 4.78 is 4.95. The zero-order chi connectivity index (χ0) is 14.5. The molecule has 0 spiro atoms. The molecule has 2 aliphatic rings. The molecule has 2 heterocycles. The van der Waals surface area contributed by atoms with Crippen LogP contribution in [-0.2, 0) is 11.3 Å². The van der Waals surface area contributed by atoms with Crippen molar-refractivity contribution in [3.05, 3.63) is 35.9 Å². The van der Waals surface area contributed by atoms with Gasteiger partial charge in [-0.15, -0.1) is 24.8 Å². The van der Waals surface area contributed by atoms with Gasteiger partial charge in [-0.3, -0.25) is 9.80 Å². The van der Waals surface area contributed by atoms with E-state index in [4.69, 9.17) is 4.74 Å². The summed E-state index contributed by atoms with van der Waals surface area (Å²) in [5.41, 5.74) is 1.38. The van der Waals surface area contributed by atoms with E-state index < -0.39 is 0 Å². The van der Waals surface area contributed by atoms with E-state index in [0.717, 1.165) is 52.4 Å². The van der Waals surface area contributed by atoms with E-state index in [-0.39, 0.29) is 30.9 Å². The largest absolute Gasteiger partial charge is 0.448 e. The van der Waals surface area contributed by atoms with E-state index in [9.17, 15) is 4.79 Å². The third kappa shape index (κ3) is 5.84. The van der Waals surface area contributed by atoms with Crippen molar-refractivity contribution in [2.45, 2.75) is 6.54 Å². The Morgan fingerprint density at radius 2 is 1.52 bits per heavy atom. The molecule has 3 rings (SSSR count). The lowest BCUT2D eigenvalue weighted by atomic mass is 10.2. The molecule has 2 aliphatic heterocycles. The lowest BCUT2D eigenvalue weighted by Crippen LogP contribution is -2.48. The van der Waals surface area contributed by atoms with Crippen molar-refractivity contribution in [1.82, 2.24) is 14.7 Å². The number of hydrogen-bond donors (Lipinski definition) is 0. The Balaban J connectivity index is 0.00000132. The van der Waals surface area contributed by atoms with Gasteiger partial charge in [0.15, 0.2) is 0 Å². The van der Waals surface area contributed by atoms with E-state index in [1.807, 2.05) is 0 Å². The van der Waals surface area contributed by atoms with Crippen molar-refractivity contribution < 1.29 is 9.53 Å². The van der Waals surface area contributed by atoms with Gasteiger partial charge in [-0.25, -0.2) is 4.79 Å². The number of benzene rings is 1. The summed E-state index contributed by atoms with van der Waals surface area (Å²) in [5.74, 6) is 0. The Morgan fingerprint density at radius 3 is 2.13 bits per heavy atom. The summed E-state index contributed by atoms with van der Waals surface area (Å²) in [5, 5.41) is 0. The summed E-state index contributed by atoms with van der Waals surface area (Å²) in [4.78, 5) is 18.1. The second-order valence-corrected chi connectivity index (χ2v) is 5.70. The Hall–Kier alpha value is -1.01. The van der Waals surface area contributed by atoms with Crippen molar-refractivity contribution in [1.29, 1.82) is 0 Å². The summed E-state index contributed by atoms with van der Waals surface area (Å²) >= 11 is 0. The lowest BCUT2D eigenvalue weighted by molar-refractivity contribution is 0.116. The van der Waals surface area contributed by atoms with Gasteiger partial charge in [0, 0.05) is 45.8 Å². The van der Waals surface area contributed by atoms with Crippen LogP contribution in [0.3, 0.4) is 0 Å². The van der Waals surface area contributed by atoms with Crippen LogP contribution >= 0.6 is 24.8 Å². The molecule has 1 amide bonds. The molecule has 130 valence electrons. The van der Waals surface area contributed by atoms with Gasteiger partial charge in [0.05, 0.1) is 6.54 Å². The monoisotopic (exact) mass is 361 g/mol. The number of rotatable bonds is 5. The molecule has 0 unspecified atom stereocenters. The van der Waals surface area contributed by atoms with Crippen LogP contribution < -0.4 is 0 Å². The minimum Gasteiger partial charge on any atom is -0.448 e. The minimum absolute atomic E-state index is 0. The van der Waals surface area contributed by atoms with Crippen molar-refractivity contribution in [2.24, 2.45) is 0 Å². The number of carbonyl (C=O) groups excluding carboxylic acids is 1. The Kier molecular flexibility index (Phi) is 8.69. The Morgan fingerprint density at radius 1 is 0.870 bits per heavy atom. The third-order valence-corrected chi connectivity index (χ3v) is 4.25. The van der Waals surface area contributed by atoms with Gasteiger partial charge in [-0.2, -0.15) is 0 Å².